The second-order valence-electron chi connectivity index (χ2n) is 5.96. The van der Waals surface area contributed by atoms with E-state index in [1.54, 1.807) is 4.57 Å². The molecule has 0 saturated heterocycles. The zero-order chi connectivity index (χ0) is 18.4. The van der Waals surface area contributed by atoms with E-state index in [4.69, 9.17) is 12.2 Å². The van der Waals surface area contributed by atoms with Gasteiger partial charge in [0.05, 0.1) is 0 Å². The van der Waals surface area contributed by atoms with Crippen molar-refractivity contribution in [2.24, 2.45) is 4.99 Å². The maximum absolute atomic E-state index is 12.5. The molecule has 5 nitrogen and oxygen atoms in total. The first kappa shape index (κ1) is 19.1. The van der Waals surface area contributed by atoms with Gasteiger partial charge in [0, 0.05) is 25.3 Å². The van der Waals surface area contributed by atoms with E-state index < -0.39 is 0 Å². The Hall–Kier alpha value is -2.21. The summed E-state index contributed by atoms with van der Waals surface area (Å²) in [6.45, 7) is 6.70. The smallest absolute Gasteiger partial charge is 0.267 e. The van der Waals surface area contributed by atoms with E-state index in [0.717, 1.165) is 12.8 Å². The largest absolute Gasteiger partial charge is 0.494 e. The summed E-state index contributed by atoms with van der Waals surface area (Å²) in [5, 5.41) is 10.4. The standard InChI is InChI=1S/C19H25N3O2S/c1-4-21-17(23)16(18(24)22(5-2)19(21)25)13-20-14(3)11-12-15-9-7-6-8-10-15/h6-10,13-14,23H,4-5,11-12H2,1-3H3/t14-/m0/s1. The average molecular weight is 359 g/mol. The molecule has 2 rings (SSSR count). The topological polar surface area (TPSA) is 59.5 Å². The molecule has 134 valence electrons. The normalized spacial score (nSPS) is 12.6. The summed E-state index contributed by atoms with van der Waals surface area (Å²) in [6.07, 6.45) is 3.28. The van der Waals surface area contributed by atoms with Gasteiger partial charge in [-0.3, -0.25) is 18.9 Å². The van der Waals surface area contributed by atoms with Crippen molar-refractivity contribution in [2.75, 3.05) is 0 Å². The van der Waals surface area contributed by atoms with E-state index in [1.165, 1.54) is 16.3 Å². The third-order valence-electron chi connectivity index (χ3n) is 4.22. The summed E-state index contributed by atoms with van der Waals surface area (Å²) in [7, 11) is 0. The summed E-state index contributed by atoms with van der Waals surface area (Å²) in [5.41, 5.74) is 1.16. The van der Waals surface area contributed by atoms with Gasteiger partial charge in [-0.15, -0.1) is 0 Å². The van der Waals surface area contributed by atoms with Crippen LogP contribution in [-0.4, -0.2) is 26.5 Å². The summed E-state index contributed by atoms with van der Waals surface area (Å²) in [5.74, 6) is -0.110. The van der Waals surface area contributed by atoms with Gasteiger partial charge >= 0.3 is 0 Å². The van der Waals surface area contributed by atoms with E-state index in [-0.39, 0.29) is 23.0 Å². The van der Waals surface area contributed by atoms with Crippen LogP contribution >= 0.6 is 12.2 Å². The van der Waals surface area contributed by atoms with Gasteiger partial charge in [0.25, 0.3) is 5.56 Å². The second kappa shape index (κ2) is 8.76. The van der Waals surface area contributed by atoms with E-state index >= 15 is 0 Å². The average Bonchev–Trinajstić information content (AvgIpc) is 2.61. The molecule has 0 saturated carbocycles. The minimum absolute atomic E-state index is 0.0485. The number of aromatic nitrogens is 2. The predicted molar refractivity (Wildman–Crippen MR) is 104 cm³/mol. The number of rotatable bonds is 7. The lowest BCUT2D eigenvalue weighted by Crippen LogP contribution is -2.28. The number of aliphatic imine (C=N–C) groups is 1. The first-order valence-corrected chi connectivity index (χ1v) is 9.04. The highest BCUT2D eigenvalue weighted by atomic mass is 32.1. The van der Waals surface area contributed by atoms with Crippen molar-refractivity contribution in [3.8, 4) is 5.88 Å². The lowest BCUT2D eigenvalue weighted by molar-refractivity contribution is 0.399. The zero-order valence-corrected chi connectivity index (χ0v) is 15.8. The van der Waals surface area contributed by atoms with Gasteiger partial charge in [0.1, 0.15) is 5.56 Å². The molecule has 0 aliphatic rings. The Bertz CT molecular complexity index is 853. The molecule has 0 spiro atoms. The third-order valence-corrected chi connectivity index (χ3v) is 4.66. The Morgan fingerprint density at radius 2 is 1.84 bits per heavy atom. The fraction of sp³-hybridized carbons (Fsp3) is 0.421. The first-order chi connectivity index (χ1) is 12.0. The molecule has 25 heavy (non-hydrogen) atoms. The van der Waals surface area contributed by atoms with Crippen molar-refractivity contribution in [2.45, 2.75) is 52.7 Å². The van der Waals surface area contributed by atoms with Crippen LogP contribution in [0, 0.1) is 4.77 Å². The van der Waals surface area contributed by atoms with Gasteiger partial charge in [-0.1, -0.05) is 30.3 Å². The minimum Gasteiger partial charge on any atom is -0.494 e. The van der Waals surface area contributed by atoms with Gasteiger partial charge in [-0.25, -0.2) is 0 Å². The molecule has 0 amide bonds. The van der Waals surface area contributed by atoms with Crippen molar-refractivity contribution >= 4 is 18.4 Å². The van der Waals surface area contributed by atoms with Crippen LogP contribution in [0.15, 0.2) is 40.1 Å². The molecule has 1 aromatic carbocycles. The van der Waals surface area contributed by atoms with Crippen molar-refractivity contribution in [3.05, 3.63) is 56.6 Å². The lowest BCUT2D eigenvalue weighted by atomic mass is 10.1. The van der Waals surface area contributed by atoms with E-state index in [1.807, 2.05) is 39.0 Å². The Labute approximate surface area is 153 Å². The molecule has 1 aromatic heterocycles. The van der Waals surface area contributed by atoms with Crippen molar-refractivity contribution in [1.82, 2.24) is 9.13 Å². The summed E-state index contributed by atoms with van der Waals surface area (Å²) >= 11 is 5.28. The van der Waals surface area contributed by atoms with Crippen LogP contribution in [0.3, 0.4) is 0 Å². The van der Waals surface area contributed by atoms with Crippen LogP contribution in [0.25, 0.3) is 0 Å². The SMILES string of the molecule is CCn1c(O)c(C=N[C@@H](C)CCc2ccccc2)c(=O)n(CC)c1=S. The van der Waals surface area contributed by atoms with Gasteiger partial charge in [0.2, 0.25) is 5.88 Å². The van der Waals surface area contributed by atoms with Crippen molar-refractivity contribution in [3.63, 3.8) is 0 Å². The first-order valence-electron chi connectivity index (χ1n) is 8.63. The molecular formula is C19H25N3O2S. The Morgan fingerprint density at radius 3 is 2.44 bits per heavy atom. The molecule has 1 N–H and O–H groups in total. The van der Waals surface area contributed by atoms with E-state index in [9.17, 15) is 9.90 Å². The Kier molecular flexibility index (Phi) is 6.70. The molecule has 0 bridgehead atoms. The highest BCUT2D eigenvalue weighted by Crippen LogP contribution is 2.14. The molecular weight excluding hydrogens is 334 g/mol. The van der Waals surface area contributed by atoms with Gasteiger partial charge in [-0.05, 0) is 51.4 Å². The predicted octanol–water partition coefficient (Wildman–Crippen LogP) is 3.56. The number of aromatic hydroxyl groups is 1. The second-order valence-corrected chi connectivity index (χ2v) is 6.33. The Morgan fingerprint density at radius 1 is 1.20 bits per heavy atom. The summed E-state index contributed by atoms with van der Waals surface area (Å²) in [4.78, 5) is 17.0. The van der Waals surface area contributed by atoms with Crippen LogP contribution < -0.4 is 5.56 Å². The maximum atomic E-state index is 12.5. The molecule has 6 heteroatoms. The molecule has 0 radical (unpaired) electrons. The number of hydrogen-bond donors (Lipinski definition) is 1. The molecule has 0 aliphatic heterocycles. The van der Waals surface area contributed by atoms with Crippen LogP contribution in [0.4, 0.5) is 0 Å². The van der Waals surface area contributed by atoms with Crippen LogP contribution in [0.5, 0.6) is 5.88 Å². The number of benzene rings is 1. The van der Waals surface area contributed by atoms with Gasteiger partial charge in [-0.2, -0.15) is 0 Å². The van der Waals surface area contributed by atoms with Crippen LogP contribution in [0.2, 0.25) is 0 Å². The highest BCUT2D eigenvalue weighted by Gasteiger charge is 2.14. The zero-order valence-electron chi connectivity index (χ0n) is 15.0. The minimum atomic E-state index is -0.297. The van der Waals surface area contributed by atoms with Crippen LogP contribution in [0.1, 0.15) is 38.3 Å². The van der Waals surface area contributed by atoms with Crippen molar-refractivity contribution in [1.29, 1.82) is 0 Å². The van der Waals surface area contributed by atoms with Gasteiger partial charge < -0.3 is 5.11 Å². The summed E-state index contributed by atoms with van der Waals surface area (Å²) < 4.78 is 3.37. The molecule has 1 atom stereocenters. The molecule has 0 fully saturated rings. The quantitative estimate of drug-likeness (QED) is 0.607. The molecule has 0 aliphatic carbocycles. The lowest BCUT2D eigenvalue weighted by Gasteiger charge is -2.14. The Balaban J connectivity index is 2.22. The molecule has 1 heterocycles. The number of hydrogen-bond acceptors (Lipinski definition) is 4. The maximum Gasteiger partial charge on any atom is 0.267 e. The van der Waals surface area contributed by atoms with E-state index in [0.29, 0.717) is 17.9 Å². The number of nitrogens with zero attached hydrogens (tertiary/aromatic N) is 3. The van der Waals surface area contributed by atoms with Crippen molar-refractivity contribution < 1.29 is 5.11 Å². The third kappa shape index (κ3) is 4.45. The van der Waals surface area contributed by atoms with E-state index in [2.05, 4.69) is 17.1 Å². The number of aryl methyl sites for hydroxylation is 1. The van der Waals surface area contributed by atoms with Gasteiger partial charge in [0.15, 0.2) is 4.77 Å². The monoisotopic (exact) mass is 359 g/mol. The van der Waals surface area contributed by atoms with Crippen LogP contribution in [-0.2, 0) is 19.5 Å². The fourth-order valence-corrected chi connectivity index (χ4v) is 3.11. The molecule has 2 aromatic rings. The highest BCUT2D eigenvalue weighted by molar-refractivity contribution is 7.71. The summed E-state index contributed by atoms with van der Waals surface area (Å²) in [6, 6.07) is 10.3. The molecule has 0 unspecified atom stereocenters. The fourth-order valence-electron chi connectivity index (χ4n) is 2.68.